The van der Waals surface area contributed by atoms with Crippen LogP contribution in [0, 0.1) is 0 Å². The Balaban J connectivity index is 1.82. The van der Waals surface area contributed by atoms with E-state index in [0.29, 0.717) is 11.7 Å². The predicted molar refractivity (Wildman–Crippen MR) is 98.0 cm³/mol. The molecule has 24 heavy (non-hydrogen) atoms. The van der Waals surface area contributed by atoms with Gasteiger partial charge in [-0.05, 0) is 67.7 Å². The molecule has 124 valence electrons. The van der Waals surface area contributed by atoms with Crippen LogP contribution >= 0.6 is 12.2 Å². The van der Waals surface area contributed by atoms with Gasteiger partial charge in [-0.15, -0.1) is 0 Å². The average Bonchev–Trinajstić information content (AvgIpc) is 2.90. The third kappa shape index (κ3) is 3.05. The molecule has 6 heteroatoms. The molecule has 0 N–H and O–H groups in total. The molecule has 1 fully saturated rings. The molecule has 0 aliphatic carbocycles. The molecule has 1 heterocycles. The Hall–Kier alpha value is -2.60. The standard InChI is InChI=1S/C18H18N2O3S/c1-3-23-16-10-4-13(5-11-16)19-12-17(21)20(18(19)24)14-6-8-15(22-2)9-7-14/h4-11H,3,12H2,1-2H3. The summed E-state index contributed by atoms with van der Waals surface area (Å²) in [6.45, 7) is 2.78. The first-order chi connectivity index (χ1) is 11.6. The molecule has 1 amide bonds. The molecule has 1 aliphatic rings. The number of nitrogens with zero attached hydrogens (tertiary/aromatic N) is 2. The Bertz CT molecular complexity index is 744. The number of rotatable bonds is 5. The summed E-state index contributed by atoms with van der Waals surface area (Å²) < 4.78 is 10.6. The molecule has 0 radical (unpaired) electrons. The molecule has 1 saturated heterocycles. The number of carbonyl (C=O) groups is 1. The lowest BCUT2D eigenvalue weighted by atomic mass is 10.3. The van der Waals surface area contributed by atoms with Crippen molar-refractivity contribution in [3.63, 3.8) is 0 Å². The van der Waals surface area contributed by atoms with E-state index in [-0.39, 0.29) is 12.5 Å². The smallest absolute Gasteiger partial charge is 0.253 e. The Morgan fingerprint density at radius 3 is 2.17 bits per heavy atom. The van der Waals surface area contributed by atoms with Gasteiger partial charge < -0.3 is 14.4 Å². The summed E-state index contributed by atoms with van der Waals surface area (Å²) in [6, 6.07) is 14.8. The molecule has 0 aromatic heterocycles. The maximum absolute atomic E-state index is 12.4. The molecule has 1 aliphatic heterocycles. The zero-order chi connectivity index (χ0) is 17.1. The fourth-order valence-corrected chi connectivity index (χ4v) is 2.95. The molecule has 0 saturated carbocycles. The van der Waals surface area contributed by atoms with Gasteiger partial charge in [-0.1, -0.05) is 0 Å². The minimum Gasteiger partial charge on any atom is -0.497 e. The largest absolute Gasteiger partial charge is 0.497 e. The van der Waals surface area contributed by atoms with E-state index in [9.17, 15) is 4.79 Å². The number of anilines is 2. The summed E-state index contributed by atoms with van der Waals surface area (Å²) in [5.74, 6) is 1.48. The number of amides is 1. The topological polar surface area (TPSA) is 42.0 Å². The second-order valence-corrected chi connectivity index (χ2v) is 5.59. The van der Waals surface area contributed by atoms with Gasteiger partial charge in [-0.2, -0.15) is 0 Å². The normalized spacial score (nSPS) is 14.2. The number of benzene rings is 2. The van der Waals surface area contributed by atoms with Crippen molar-refractivity contribution in [3.8, 4) is 11.5 Å². The molecule has 0 unspecified atom stereocenters. The molecule has 5 nitrogen and oxygen atoms in total. The first-order valence-corrected chi connectivity index (χ1v) is 8.06. The van der Waals surface area contributed by atoms with E-state index < -0.39 is 0 Å². The van der Waals surface area contributed by atoms with Crippen molar-refractivity contribution in [3.05, 3.63) is 48.5 Å². The van der Waals surface area contributed by atoms with Crippen molar-refractivity contribution in [1.82, 2.24) is 0 Å². The second-order valence-electron chi connectivity index (χ2n) is 5.22. The van der Waals surface area contributed by atoms with Gasteiger partial charge in [0, 0.05) is 5.69 Å². The van der Waals surface area contributed by atoms with Crippen molar-refractivity contribution in [1.29, 1.82) is 0 Å². The van der Waals surface area contributed by atoms with Crippen LogP contribution in [0.25, 0.3) is 0 Å². The van der Waals surface area contributed by atoms with Gasteiger partial charge in [0.05, 0.1) is 19.4 Å². The maximum Gasteiger partial charge on any atom is 0.253 e. The fraction of sp³-hybridized carbons (Fsp3) is 0.222. The van der Waals surface area contributed by atoms with E-state index in [4.69, 9.17) is 21.7 Å². The van der Waals surface area contributed by atoms with Gasteiger partial charge in [-0.25, -0.2) is 0 Å². The fourth-order valence-electron chi connectivity index (χ4n) is 2.58. The van der Waals surface area contributed by atoms with E-state index in [1.54, 1.807) is 12.0 Å². The number of methoxy groups -OCH3 is 1. The van der Waals surface area contributed by atoms with Crippen LogP contribution in [0.4, 0.5) is 11.4 Å². The number of carbonyl (C=O) groups excluding carboxylic acids is 1. The summed E-state index contributed by atoms with van der Waals surface area (Å²) in [5, 5.41) is 0.467. The lowest BCUT2D eigenvalue weighted by Gasteiger charge is -2.20. The van der Waals surface area contributed by atoms with Crippen molar-refractivity contribution in [2.24, 2.45) is 0 Å². The van der Waals surface area contributed by atoms with Crippen LogP contribution in [0.1, 0.15) is 6.92 Å². The monoisotopic (exact) mass is 342 g/mol. The molecule has 3 rings (SSSR count). The Labute approximate surface area is 146 Å². The van der Waals surface area contributed by atoms with Crippen LogP contribution in [0.5, 0.6) is 11.5 Å². The van der Waals surface area contributed by atoms with Gasteiger partial charge >= 0.3 is 0 Å². The lowest BCUT2D eigenvalue weighted by molar-refractivity contribution is -0.115. The molecule has 0 atom stereocenters. The second kappa shape index (κ2) is 6.88. The number of hydrogen-bond acceptors (Lipinski definition) is 4. The minimum atomic E-state index is -0.0564. The molecule has 2 aromatic carbocycles. The molecular formula is C18H18N2O3S. The van der Waals surface area contributed by atoms with E-state index in [1.807, 2.05) is 60.4 Å². The Kier molecular flexibility index (Phi) is 4.66. The van der Waals surface area contributed by atoms with E-state index in [1.165, 1.54) is 0 Å². The van der Waals surface area contributed by atoms with E-state index in [0.717, 1.165) is 22.9 Å². The minimum absolute atomic E-state index is 0.0564. The zero-order valence-electron chi connectivity index (χ0n) is 13.6. The lowest BCUT2D eigenvalue weighted by Crippen LogP contribution is -2.32. The van der Waals surface area contributed by atoms with Crippen LogP contribution in [0.3, 0.4) is 0 Å². The predicted octanol–water partition coefficient (Wildman–Crippen LogP) is 3.23. The highest BCUT2D eigenvalue weighted by Gasteiger charge is 2.34. The quantitative estimate of drug-likeness (QED) is 0.781. The van der Waals surface area contributed by atoms with Crippen molar-refractivity contribution in [2.45, 2.75) is 6.92 Å². The summed E-state index contributed by atoms with van der Waals surface area (Å²) in [4.78, 5) is 15.8. The maximum atomic E-state index is 12.4. The highest BCUT2D eigenvalue weighted by Crippen LogP contribution is 2.28. The number of hydrogen-bond donors (Lipinski definition) is 0. The van der Waals surface area contributed by atoms with Crippen LogP contribution in [0.2, 0.25) is 0 Å². The first kappa shape index (κ1) is 16.3. The van der Waals surface area contributed by atoms with Gasteiger partial charge in [-0.3, -0.25) is 9.69 Å². The molecular weight excluding hydrogens is 324 g/mol. The molecule has 0 spiro atoms. The number of thiocarbonyl (C=S) groups is 1. The van der Waals surface area contributed by atoms with Crippen LogP contribution in [-0.2, 0) is 4.79 Å². The van der Waals surface area contributed by atoms with E-state index in [2.05, 4.69) is 0 Å². The van der Waals surface area contributed by atoms with Crippen LogP contribution < -0.4 is 19.3 Å². The Morgan fingerprint density at radius 1 is 1.00 bits per heavy atom. The van der Waals surface area contributed by atoms with Gasteiger partial charge in [0.1, 0.15) is 18.0 Å². The van der Waals surface area contributed by atoms with E-state index >= 15 is 0 Å². The van der Waals surface area contributed by atoms with Crippen molar-refractivity contribution in [2.75, 3.05) is 30.1 Å². The third-order valence-corrected chi connectivity index (χ3v) is 4.16. The molecule has 0 bridgehead atoms. The average molecular weight is 342 g/mol. The highest BCUT2D eigenvalue weighted by molar-refractivity contribution is 7.81. The van der Waals surface area contributed by atoms with Gasteiger partial charge in [0.25, 0.3) is 5.91 Å². The summed E-state index contributed by atoms with van der Waals surface area (Å²) in [5.41, 5.74) is 1.60. The summed E-state index contributed by atoms with van der Waals surface area (Å²) >= 11 is 5.52. The number of ether oxygens (including phenoxy) is 2. The molecule has 2 aromatic rings. The Morgan fingerprint density at radius 2 is 1.58 bits per heavy atom. The van der Waals surface area contributed by atoms with Gasteiger partial charge in [0.15, 0.2) is 5.11 Å². The SMILES string of the molecule is CCOc1ccc(N2CC(=O)N(c3ccc(OC)cc3)C2=S)cc1. The first-order valence-electron chi connectivity index (χ1n) is 7.65. The van der Waals surface area contributed by atoms with Crippen molar-refractivity contribution < 1.29 is 14.3 Å². The zero-order valence-corrected chi connectivity index (χ0v) is 14.4. The summed E-state index contributed by atoms with van der Waals surface area (Å²) in [6.07, 6.45) is 0. The highest BCUT2D eigenvalue weighted by atomic mass is 32.1. The van der Waals surface area contributed by atoms with Crippen molar-refractivity contribution >= 4 is 34.6 Å². The summed E-state index contributed by atoms with van der Waals surface area (Å²) in [7, 11) is 1.61. The van der Waals surface area contributed by atoms with Gasteiger partial charge in [0.2, 0.25) is 0 Å². The van der Waals surface area contributed by atoms with Crippen LogP contribution in [0.15, 0.2) is 48.5 Å². The third-order valence-electron chi connectivity index (χ3n) is 3.75. The van der Waals surface area contributed by atoms with Crippen LogP contribution in [-0.4, -0.2) is 31.3 Å².